The topological polar surface area (TPSA) is 107 Å². The van der Waals surface area contributed by atoms with Gasteiger partial charge in [-0.1, -0.05) is 12.1 Å². The fourth-order valence-electron chi connectivity index (χ4n) is 1.28. The van der Waals surface area contributed by atoms with Crippen LogP contribution in [0.4, 0.5) is 5.69 Å². The lowest BCUT2D eigenvalue weighted by atomic mass is 10.0. The molecule has 7 nitrogen and oxygen atoms in total. The summed E-state index contributed by atoms with van der Waals surface area (Å²) in [7, 11) is 0. The number of nitrogens with zero attached hydrogens (tertiary/aromatic N) is 2. The molecular formula is C9H10N2O5. The molecule has 2 atom stereocenters. The van der Waals surface area contributed by atoms with E-state index < -0.39 is 22.0 Å². The van der Waals surface area contributed by atoms with Gasteiger partial charge in [0, 0.05) is 17.9 Å². The fraction of sp³-hybridized carbons (Fsp3) is 0.333. The Hall–Kier alpha value is -2.02. The van der Waals surface area contributed by atoms with Gasteiger partial charge in [0.1, 0.15) is 0 Å². The van der Waals surface area contributed by atoms with E-state index in [-0.39, 0.29) is 11.3 Å². The van der Waals surface area contributed by atoms with Crippen LogP contribution in [-0.4, -0.2) is 21.0 Å². The second kappa shape index (κ2) is 4.67. The molecule has 0 spiro atoms. The number of benzene rings is 1. The number of nitro benzene ring substituents is 1. The molecule has 1 N–H and O–H groups in total. The van der Waals surface area contributed by atoms with Gasteiger partial charge in [0.15, 0.2) is 6.10 Å². The maximum absolute atomic E-state index is 10.6. The second-order valence-corrected chi connectivity index (χ2v) is 3.29. The first-order valence-corrected chi connectivity index (χ1v) is 4.50. The Labute approximate surface area is 90.6 Å². The summed E-state index contributed by atoms with van der Waals surface area (Å²) in [6.07, 6.45) is -1.49. The molecule has 0 saturated heterocycles. The summed E-state index contributed by atoms with van der Waals surface area (Å²) in [5.41, 5.74) is -0.361. The Morgan fingerprint density at radius 1 is 1.25 bits per heavy atom. The molecule has 1 aromatic carbocycles. The third kappa shape index (κ3) is 2.31. The van der Waals surface area contributed by atoms with Crippen molar-refractivity contribution < 1.29 is 15.0 Å². The number of nitro groups is 2. The minimum Gasteiger partial charge on any atom is -0.381 e. The summed E-state index contributed by atoms with van der Waals surface area (Å²) in [5.74, 6) is 0. The third-order valence-electron chi connectivity index (χ3n) is 2.24. The predicted octanol–water partition coefficient (Wildman–Crippen LogP) is 1.29. The number of hydrogen-bond donors (Lipinski definition) is 1. The van der Waals surface area contributed by atoms with Crippen LogP contribution in [0.2, 0.25) is 0 Å². The number of aliphatic hydroxyl groups is 1. The normalized spacial score (nSPS) is 14.1. The average molecular weight is 226 g/mol. The number of rotatable bonds is 4. The number of para-hydroxylation sites is 1. The van der Waals surface area contributed by atoms with E-state index in [0.717, 1.165) is 0 Å². The molecule has 0 aliphatic rings. The van der Waals surface area contributed by atoms with Crippen molar-refractivity contribution in [3.63, 3.8) is 0 Å². The van der Waals surface area contributed by atoms with Crippen molar-refractivity contribution in [3.05, 3.63) is 50.1 Å². The number of hydrogen-bond acceptors (Lipinski definition) is 5. The monoisotopic (exact) mass is 226 g/mol. The summed E-state index contributed by atoms with van der Waals surface area (Å²) in [5, 5.41) is 30.8. The van der Waals surface area contributed by atoms with E-state index in [1.54, 1.807) is 0 Å². The SMILES string of the molecule is C[C@H]([C@@H](O)c1ccccc1[N+](=O)[O-])[N+](=O)[O-]. The molecule has 86 valence electrons. The molecule has 0 fully saturated rings. The van der Waals surface area contributed by atoms with E-state index >= 15 is 0 Å². The lowest BCUT2D eigenvalue weighted by Gasteiger charge is -2.12. The van der Waals surface area contributed by atoms with Crippen molar-refractivity contribution >= 4 is 5.69 Å². The summed E-state index contributed by atoms with van der Waals surface area (Å²) in [6.45, 7) is 1.20. The van der Waals surface area contributed by atoms with Crippen molar-refractivity contribution in [1.82, 2.24) is 0 Å². The molecule has 7 heteroatoms. The summed E-state index contributed by atoms with van der Waals surface area (Å²) in [4.78, 5) is 19.8. The molecule has 16 heavy (non-hydrogen) atoms. The Morgan fingerprint density at radius 3 is 2.31 bits per heavy atom. The summed E-state index contributed by atoms with van der Waals surface area (Å²) in [6, 6.07) is 4.14. The third-order valence-corrected chi connectivity index (χ3v) is 2.24. The largest absolute Gasteiger partial charge is 0.381 e. The maximum Gasteiger partial charge on any atom is 0.275 e. The van der Waals surface area contributed by atoms with Gasteiger partial charge in [-0.05, 0) is 6.07 Å². The van der Waals surface area contributed by atoms with Crippen LogP contribution in [0.1, 0.15) is 18.6 Å². The van der Waals surface area contributed by atoms with Crippen molar-refractivity contribution in [2.45, 2.75) is 19.1 Å². The molecule has 0 aromatic heterocycles. The van der Waals surface area contributed by atoms with Crippen LogP contribution in [0.5, 0.6) is 0 Å². The van der Waals surface area contributed by atoms with Crippen LogP contribution in [0.25, 0.3) is 0 Å². The molecule has 0 aliphatic carbocycles. The molecule has 0 unspecified atom stereocenters. The van der Waals surface area contributed by atoms with E-state index in [0.29, 0.717) is 0 Å². The molecular weight excluding hydrogens is 216 g/mol. The Kier molecular flexibility index (Phi) is 3.51. The van der Waals surface area contributed by atoms with Crippen LogP contribution in [0.3, 0.4) is 0 Å². The second-order valence-electron chi connectivity index (χ2n) is 3.29. The van der Waals surface area contributed by atoms with E-state index in [1.165, 1.54) is 31.2 Å². The van der Waals surface area contributed by atoms with Gasteiger partial charge in [0.05, 0.1) is 10.5 Å². The van der Waals surface area contributed by atoms with Crippen LogP contribution in [0.15, 0.2) is 24.3 Å². The molecule has 0 saturated carbocycles. The highest BCUT2D eigenvalue weighted by molar-refractivity contribution is 5.41. The first-order chi connectivity index (χ1) is 7.45. The van der Waals surface area contributed by atoms with Gasteiger partial charge < -0.3 is 5.11 Å². The zero-order valence-electron chi connectivity index (χ0n) is 8.44. The lowest BCUT2D eigenvalue weighted by Crippen LogP contribution is -2.24. The van der Waals surface area contributed by atoms with Crippen molar-refractivity contribution in [3.8, 4) is 0 Å². The fourth-order valence-corrected chi connectivity index (χ4v) is 1.28. The highest BCUT2D eigenvalue weighted by atomic mass is 16.6. The lowest BCUT2D eigenvalue weighted by molar-refractivity contribution is -0.531. The van der Waals surface area contributed by atoms with Gasteiger partial charge in [-0.2, -0.15) is 0 Å². The van der Waals surface area contributed by atoms with Crippen LogP contribution < -0.4 is 0 Å². The highest BCUT2D eigenvalue weighted by Crippen LogP contribution is 2.27. The van der Waals surface area contributed by atoms with Gasteiger partial charge >= 0.3 is 0 Å². The summed E-state index contributed by atoms with van der Waals surface area (Å²) >= 11 is 0. The van der Waals surface area contributed by atoms with Gasteiger partial charge in [-0.15, -0.1) is 0 Å². The smallest absolute Gasteiger partial charge is 0.275 e. The Bertz CT molecular complexity index is 420. The minimum atomic E-state index is -1.49. The maximum atomic E-state index is 10.6. The van der Waals surface area contributed by atoms with E-state index in [9.17, 15) is 25.3 Å². The number of aliphatic hydroxyl groups excluding tert-OH is 1. The van der Waals surface area contributed by atoms with Gasteiger partial charge in [0.25, 0.3) is 5.69 Å². The molecule has 0 heterocycles. The van der Waals surface area contributed by atoms with Crippen LogP contribution >= 0.6 is 0 Å². The van der Waals surface area contributed by atoms with Crippen molar-refractivity contribution in [1.29, 1.82) is 0 Å². The molecule has 1 aromatic rings. The molecule has 0 bridgehead atoms. The van der Waals surface area contributed by atoms with Gasteiger partial charge in [-0.25, -0.2) is 0 Å². The first kappa shape index (κ1) is 12.1. The first-order valence-electron chi connectivity index (χ1n) is 4.50. The zero-order valence-corrected chi connectivity index (χ0v) is 8.44. The van der Waals surface area contributed by atoms with Crippen LogP contribution in [0, 0.1) is 20.2 Å². The molecule has 0 radical (unpaired) electrons. The summed E-state index contributed by atoms with van der Waals surface area (Å²) < 4.78 is 0. The Morgan fingerprint density at radius 2 is 1.81 bits per heavy atom. The van der Waals surface area contributed by atoms with Crippen LogP contribution in [-0.2, 0) is 0 Å². The van der Waals surface area contributed by atoms with Gasteiger partial charge in [-0.3, -0.25) is 20.2 Å². The van der Waals surface area contributed by atoms with E-state index in [2.05, 4.69) is 0 Å². The molecule has 0 aliphatic heterocycles. The van der Waals surface area contributed by atoms with E-state index in [1.807, 2.05) is 0 Å². The standard InChI is InChI=1S/C9H10N2O5/c1-6(10(13)14)9(12)7-4-2-3-5-8(7)11(15)16/h2-6,9,12H,1H3/t6-,9-/m1/s1. The average Bonchev–Trinajstić information content (AvgIpc) is 2.26. The zero-order chi connectivity index (χ0) is 12.3. The Balaban J connectivity index is 3.12. The molecule has 0 amide bonds. The van der Waals surface area contributed by atoms with Gasteiger partial charge in [0.2, 0.25) is 6.04 Å². The van der Waals surface area contributed by atoms with Crippen molar-refractivity contribution in [2.75, 3.05) is 0 Å². The molecule has 1 rings (SSSR count). The quantitative estimate of drug-likeness (QED) is 0.614. The highest BCUT2D eigenvalue weighted by Gasteiger charge is 2.30. The predicted molar refractivity (Wildman–Crippen MR) is 54.5 cm³/mol. The minimum absolute atomic E-state index is 0.0447. The van der Waals surface area contributed by atoms with E-state index in [4.69, 9.17) is 0 Å². The van der Waals surface area contributed by atoms with Crippen molar-refractivity contribution in [2.24, 2.45) is 0 Å².